The number of imide groups is 1. The summed E-state index contributed by atoms with van der Waals surface area (Å²) in [6, 6.07) is 15.6. The minimum Gasteiger partial charge on any atom is -0.495 e. The predicted octanol–water partition coefficient (Wildman–Crippen LogP) is 6.34. The van der Waals surface area contributed by atoms with Gasteiger partial charge in [0.2, 0.25) is 0 Å². The minimum absolute atomic E-state index is 0.0493. The van der Waals surface area contributed by atoms with E-state index in [2.05, 4.69) is 10.6 Å². The van der Waals surface area contributed by atoms with E-state index in [1.54, 1.807) is 36.4 Å². The average molecular weight is 551 g/mol. The monoisotopic (exact) mass is 549 g/mol. The maximum absolute atomic E-state index is 13.0. The molecule has 0 saturated heterocycles. The van der Waals surface area contributed by atoms with Gasteiger partial charge in [0.05, 0.1) is 28.5 Å². The molecule has 1 heterocycles. The van der Waals surface area contributed by atoms with Gasteiger partial charge in [0.1, 0.15) is 16.5 Å². The van der Waals surface area contributed by atoms with Gasteiger partial charge in [-0.3, -0.25) is 14.4 Å². The molecule has 178 valence electrons. The van der Waals surface area contributed by atoms with Gasteiger partial charge in [-0.05, 0) is 54.6 Å². The molecule has 1 aliphatic heterocycles. The molecule has 0 atom stereocenters. The Labute approximate surface area is 220 Å². The number of nitrogens with one attached hydrogen (secondary N) is 2. The summed E-state index contributed by atoms with van der Waals surface area (Å²) in [4.78, 5) is 39.2. The van der Waals surface area contributed by atoms with Crippen molar-refractivity contribution in [3.8, 4) is 5.75 Å². The molecule has 0 aromatic heterocycles. The van der Waals surface area contributed by atoms with Crippen molar-refractivity contribution in [2.45, 2.75) is 0 Å². The largest absolute Gasteiger partial charge is 0.495 e. The fraction of sp³-hybridized carbons (Fsp3) is 0.0417. The highest BCUT2D eigenvalue weighted by Gasteiger charge is 2.40. The third-order valence-electron chi connectivity index (χ3n) is 5.03. The van der Waals surface area contributed by atoms with E-state index in [0.717, 1.165) is 4.90 Å². The first kappa shape index (κ1) is 24.9. The van der Waals surface area contributed by atoms with Crippen molar-refractivity contribution < 1.29 is 19.1 Å². The molecule has 3 aromatic carbocycles. The number of ether oxygens (including phenoxy) is 1. The van der Waals surface area contributed by atoms with Gasteiger partial charge in [0.15, 0.2) is 0 Å². The Morgan fingerprint density at radius 3 is 2.31 bits per heavy atom. The van der Waals surface area contributed by atoms with Gasteiger partial charge in [-0.25, -0.2) is 4.90 Å². The SMILES string of the molecule is COc1ccc(Cl)cc1NC(=O)c1ccc(NC2=C(Cl)C(=O)N(c3cccc(Cl)c3Cl)C2=O)cc1. The van der Waals surface area contributed by atoms with Crippen molar-refractivity contribution in [1.29, 1.82) is 0 Å². The van der Waals surface area contributed by atoms with Gasteiger partial charge in [0, 0.05) is 16.3 Å². The number of halogens is 4. The summed E-state index contributed by atoms with van der Waals surface area (Å²) in [5.74, 6) is -1.38. The molecule has 0 saturated carbocycles. The molecule has 35 heavy (non-hydrogen) atoms. The lowest BCUT2D eigenvalue weighted by molar-refractivity contribution is -0.120. The summed E-state index contributed by atoms with van der Waals surface area (Å²) in [5.41, 5.74) is 1.16. The Morgan fingerprint density at radius 2 is 1.63 bits per heavy atom. The molecule has 0 spiro atoms. The zero-order valence-corrected chi connectivity index (χ0v) is 20.9. The standard InChI is InChI=1S/C24H15Cl4N3O4/c1-35-18-10-7-13(25)11-16(18)30-22(32)12-5-8-14(9-6-12)29-21-20(28)23(33)31(24(21)34)17-4-2-3-15(26)19(17)27/h2-11,29H,1H3,(H,30,32). The second-order valence-corrected chi connectivity index (χ2v) is 8.81. The van der Waals surface area contributed by atoms with E-state index in [4.69, 9.17) is 51.1 Å². The summed E-state index contributed by atoms with van der Waals surface area (Å²) in [5, 5.41) is 5.94. The van der Waals surface area contributed by atoms with Crippen LogP contribution in [0.15, 0.2) is 71.4 Å². The van der Waals surface area contributed by atoms with Gasteiger partial charge in [-0.15, -0.1) is 0 Å². The van der Waals surface area contributed by atoms with Crippen LogP contribution in [0.5, 0.6) is 5.75 Å². The van der Waals surface area contributed by atoms with Crippen LogP contribution in [0, 0.1) is 0 Å². The highest BCUT2D eigenvalue weighted by atomic mass is 35.5. The van der Waals surface area contributed by atoms with Crippen LogP contribution >= 0.6 is 46.4 Å². The van der Waals surface area contributed by atoms with E-state index < -0.39 is 17.7 Å². The van der Waals surface area contributed by atoms with Crippen molar-refractivity contribution in [2.75, 3.05) is 22.6 Å². The molecular weight excluding hydrogens is 536 g/mol. The van der Waals surface area contributed by atoms with Crippen LogP contribution in [0.25, 0.3) is 0 Å². The van der Waals surface area contributed by atoms with E-state index in [1.165, 1.54) is 31.4 Å². The van der Waals surface area contributed by atoms with Crippen LogP contribution in [-0.2, 0) is 9.59 Å². The number of hydrogen-bond donors (Lipinski definition) is 2. The Bertz CT molecular complexity index is 1390. The third kappa shape index (κ3) is 4.94. The Balaban J connectivity index is 1.51. The number of rotatable bonds is 6. The molecule has 11 heteroatoms. The second kappa shape index (κ2) is 10.2. The molecule has 7 nitrogen and oxygen atoms in total. The van der Waals surface area contributed by atoms with E-state index in [9.17, 15) is 14.4 Å². The molecule has 0 fully saturated rings. The molecule has 3 amide bonds. The van der Waals surface area contributed by atoms with Crippen molar-refractivity contribution in [1.82, 2.24) is 0 Å². The molecule has 0 aliphatic carbocycles. The lowest BCUT2D eigenvalue weighted by atomic mass is 10.1. The Morgan fingerprint density at radius 1 is 0.914 bits per heavy atom. The third-order valence-corrected chi connectivity index (χ3v) is 6.42. The van der Waals surface area contributed by atoms with Crippen LogP contribution in [0.2, 0.25) is 15.1 Å². The van der Waals surface area contributed by atoms with Gasteiger partial charge >= 0.3 is 0 Å². The quantitative estimate of drug-likeness (QED) is 0.349. The lowest BCUT2D eigenvalue weighted by Crippen LogP contribution is -2.32. The zero-order valence-electron chi connectivity index (χ0n) is 17.9. The fourth-order valence-corrected chi connectivity index (χ4v) is 4.08. The van der Waals surface area contributed by atoms with Crippen molar-refractivity contribution >= 4 is 81.2 Å². The first-order valence-corrected chi connectivity index (χ1v) is 11.5. The number of amides is 3. The number of methoxy groups -OCH3 is 1. The highest BCUT2D eigenvalue weighted by Crippen LogP contribution is 2.37. The molecular formula is C24H15Cl4N3O4. The molecule has 0 radical (unpaired) electrons. The van der Waals surface area contributed by atoms with Gasteiger partial charge in [-0.1, -0.05) is 52.5 Å². The van der Waals surface area contributed by atoms with E-state index in [-0.39, 0.29) is 26.5 Å². The molecule has 0 bridgehead atoms. The van der Waals surface area contributed by atoms with Crippen LogP contribution < -0.4 is 20.3 Å². The molecule has 0 unspecified atom stereocenters. The van der Waals surface area contributed by atoms with Crippen molar-refractivity contribution in [2.24, 2.45) is 0 Å². The summed E-state index contributed by atoms with van der Waals surface area (Å²) in [6.45, 7) is 0. The summed E-state index contributed by atoms with van der Waals surface area (Å²) in [7, 11) is 1.48. The average Bonchev–Trinajstić information content (AvgIpc) is 3.04. The molecule has 1 aliphatic rings. The second-order valence-electron chi connectivity index (χ2n) is 7.21. The van der Waals surface area contributed by atoms with E-state index >= 15 is 0 Å². The number of carbonyl (C=O) groups excluding carboxylic acids is 3. The highest BCUT2D eigenvalue weighted by molar-refractivity contribution is 6.54. The van der Waals surface area contributed by atoms with Gasteiger partial charge in [-0.2, -0.15) is 0 Å². The van der Waals surface area contributed by atoms with Crippen molar-refractivity contribution in [3.05, 3.63) is 92.0 Å². The van der Waals surface area contributed by atoms with Crippen LogP contribution in [0.4, 0.5) is 17.1 Å². The normalized spacial score (nSPS) is 13.3. The minimum atomic E-state index is -0.741. The maximum Gasteiger partial charge on any atom is 0.283 e. The summed E-state index contributed by atoms with van der Waals surface area (Å²) in [6.07, 6.45) is 0. The predicted molar refractivity (Wildman–Crippen MR) is 138 cm³/mol. The molecule has 3 aromatic rings. The smallest absolute Gasteiger partial charge is 0.283 e. The van der Waals surface area contributed by atoms with Crippen molar-refractivity contribution in [3.63, 3.8) is 0 Å². The number of carbonyl (C=O) groups is 3. The molecule has 2 N–H and O–H groups in total. The Kier molecular flexibility index (Phi) is 7.23. The van der Waals surface area contributed by atoms with Gasteiger partial charge < -0.3 is 15.4 Å². The first-order valence-electron chi connectivity index (χ1n) is 9.95. The lowest BCUT2D eigenvalue weighted by Gasteiger charge is -2.17. The van der Waals surface area contributed by atoms with Gasteiger partial charge in [0.25, 0.3) is 17.7 Å². The first-order chi connectivity index (χ1) is 16.7. The number of anilines is 3. The number of hydrogen-bond acceptors (Lipinski definition) is 5. The fourth-order valence-electron chi connectivity index (χ4n) is 3.32. The summed E-state index contributed by atoms with van der Waals surface area (Å²) >= 11 is 24.4. The Hall–Kier alpha value is -3.23. The number of benzene rings is 3. The molecule has 4 rings (SSSR count). The maximum atomic E-state index is 13.0. The van der Waals surface area contributed by atoms with E-state index in [0.29, 0.717) is 27.7 Å². The van der Waals surface area contributed by atoms with Crippen LogP contribution in [-0.4, -0.2) is 24.8 Å². The topological polar surface area (TPSA) is 87.7 Å². The summed E-state index contributed by atoms with van der Waals surface area (Å²) < 4.78 is 5.23. The zero-order chi connectivity index (χ0) is 25.3. The van der Waals surface area contributed by atoms with Crippen LogP contribution in [0.3, 0.4) is 0 Å². The number of nitrogens with zero attached hydrogens (tertiary/aromatic N) is 1. The van der Waals surface area contributed by atoms with Crippen LogP contribution in [0.1, 0.15) is 10.4 Å². The van der Waals surface area contributed by atoms with E-state index in [1.807, 2.05) is 0 Å².